The summed E-state index contributed by atoms with van der Waals surface area (Å²) >= 11 is 0. The van der Waals surface area contributed by atoms with Crippen LogP contribution in [0.1, 0.15) is 13.8 Å². The maximum Gasteiger partial charge on any atom is 0.407 e. The summed E-state index contributed by atoms with van der Waals surface area (Å²) in [5.41, 5.74) is 0. The van der Waals surface area contributed by atoms with Gasteiger partial charge in [0.2, 0.25) is 6.29 Å². The van der Waals surface area contributed by atoms with E-state index < -0.39 is 18.7 Å². The molecule has 0 spiro atoms. The number of alkyl carbamates (subject to hydrolysis) is 1. The van der Waals surface area contributed by atoms with E-state index in [2.05, 4.69) is 5.32 Å². The summed E-state index contributed by atoms with van der Waals surface area (Å²) in [7, 11) is 0. The second-order valence-electron chi connectivity index (χ2n) is 2.99. The largest absolute Gasteiger partial charge is 0.449 e. The van der Waals surface area contributed by atoms with Gasteiger partial charge in [-0.25, -0.2) is 4.79 Å². The van der Waals surface area contributed by atoms with Gasteiger partial charge in [0.25, 0.3) is 0 Å². The van der Waals surface area contributed by atoms with Gasteiger partial charge in [-0.15, -0.1) is 0 Å². The smallest absolute Gasteiger partial charge is 0.407 e. The Labute approximate surface area is 77.1 Å². The van der Waals surface area contributed by atoms with Crippen molar-refractivity contribution >= 4 is 12.4 Å². The standard InChI is InChI=1S/C8H14NO4/c1-6(2)5-13-8(12)9-7(3-10)4-11/h6-7,10H,3,5H2,1-2H3,(H,9,12)/t7-/m1/s1. The molecule has 5 heteroatoms. The fourth-order valence-electron chi connectivity index (χ4n) is 0.539. The van der Waals surface area contributed by atoms with Crippen LogP contribution >= 0.6 is 0 Å². The van der Waals surface area contributed by atoms with Gasteiger partial charge in [0.05, 0.1) is 13.2 Å². The first kappa shape index (κ1) is 11.9. The van der Waals surface area contributed by atoms with Crippen molar-refractivity contribution in [3.05, 3.63) is 0 Å². The van der Waals surface area contributed by atoms with Crippen LogP contribution < -0.4 is 5.32 Å². The van der Waals surface area contributed by atoms with Crippen molar-refractivity contribution in [1.29, 1.82) is 0 Å². The molecule has 0 saturated carbocycles. The molecule has 0 aromatic carbocycles. The van der Waals surface area contributed by atoms with Crippen molar-refractivity contribution in [3.8, 4) is 0 Å². The van der Waals surface area contributed by atoms with Crippen LogP contribution in [0.15, 0.2) is 0 Å². The van der Waals surface area contributed by atoms with E-state index in [-0.39, 0.29) is 12.5 Å². The summed E-state index contributed by atoms with van der Waals surface area (Å²) in [4.78, 5) is 20.9. The molecule has 0 aromatic rings. The minimum absolute atomic E-state index is 0.235. The van der Waals surface area contributed by atoms with Gasteiger partial charge in [-0.3, -0.25) is 4.79 Å². The molecule has 0 rings (SSSR count). The van der Waals surface area contributed by atoms with E-state index in [1.54, 1.807) is 0 Å². The monoisotopic (exact) mass is 188 g/mol. The zero-order valence-electron chi connectivity index (χ0n) is 7.74. The molecule has 0 aliphatic carbocycles. The molecule has 0 heterocycles. The van der Waals surface area contributed by atoms with Crippen molar-refractivity contribution in [2.24, 2.45) is 5.92 Å². The van der Waals surface area contributed by atoms with E-state index in [1.165, 1.54) is 6.29 Å². The third kappa shape index (κ3) is 6.10. The van der Waals surface area contributed by atoms with Crippen LogP contribution in [0.3, 0.4) is 0 Å². The summed E-state index contributed by atoms with van der Waals surface area (Å²) < 4.78 is 4.70. The summed E-state index contributed by atoms with van der Waals surface area (Å²) in [6.07, 6.45) is 0.746. The number of carbonyl (C=O) groups excluding carboxylic acids is 2. The molecular formula is C8H14NO4. The second-order valence-corrected chi connectivity index (χ2v) is 2.99. The number of ether oxygens (including phenoxy) is 1. The molecule has 0 bridgehead atoms. The van der Waals surface area contributed by atoms with Crippen LogP contribution in [-0.2, 0) is 9.53 Å². The molecule has 0 fully saturated rings. The number of amides is 1. The van der Waals surface area contributed by atoms with Crippen LogP contribution in [-0.4, -0.2) is 36.7 Å². The average Bonchev–Trinajstić information content (AvgIpc) is 2.10. The lowest BCUT2D eigenvalue weighted by Gasteiger charge is -2.10. The predicted molar refractivity (Wildman–Crippen MR) is 45.9 cm³/mol. The number of aliphatic hydroxyl groups is 1. The maximum atomic E-state index is 10.9. The molecule has 5 nitrogen and oxygen atoms in total. The highest BCUT2D eigenvalue weighted by Gasteiger charge is 2.11. The lowest BCUT2D eigenvalue weighted by molar-refractivity contribution is 0.127. The Morgan fingerprint density at radius 2 is 2.23 bits per heavy atom. The summed E-state index contributed by atoms with van der Waals surface area (Å²) in [5, 5.41) is 10.7. The van der Waals surface area contributed by atoms with Gasteiger partial charge in [0.15, 0.2) is 0 Å². The molecule has 0 unspecified atom stereocenters. The van der Waals surface area contributed by atoms with E-state index >= 15 is 0 Å². The molecule has 2 N–H and O–H groups in total. The number of rotatable bonds is 5. The topological polar surface area (TPSA) is 75.6 Å². The van der Waals surface area contributed by atoms with Crippen molar-refractivity contribution < 1.29 is 19.4 Å². The fraction of sp³-hybridized carbons (Fsp3) is 0.750. The van der Waals surface area contributed by atoms with Crippen molar-refractivity contribution in [3.63, 3.8) is 0 Å². The van der Waals surface area contributed by atoms with Crippen molar-refractivity contribution in [1.82, 2.24) is 5.32 Å². The molecule has 13 heavy (non-hydrogen) atoms. The van der Waals surface area contributed by atoms with Gasteiger partial charge in [-0.1, -0.05) is 13.8 Å². The first-order valence-corrected chi connectivity index (χ1v) is 4.02. The highest BCUT2D eigenvalue weighted by molar-refractivity contribution is 5.73. The Morgan fingerprint density at radius 1 is 1.62 bits per heavy atom. The molecule has 1 radical (unpaired) electrons. The van der Waals surface area contributed by atoms with Crippen LogP contribution in [0.25, 0.3) is 0 Å². The Morgan fingerprint density at radius 3 is 2.62 bits per heavy atom. The molecule has 75 valence electrons. The number of hydrogen-bond donors (Lipinski definition) is 2. The average molecular weight is 188 g/mol. The zero-order chi connectivity index (χ0) is 10.3. The Balaban J connectivity index is 3.66. The Hall–Kier alpha value is -1.10. The van der Waals surface area contributed by atoms with E-state index in [9.17, 15) is 9.59 Å². The fourth-order valence-corrected chi connectivity index (χ4v) is 0.539. The second kappa shape index (κ2) is 6.42. The van der Waals surface area contributed by atoms with Gasteiger partial charge < -0.3 is 15.2 Å². The SMILES string of the molecule is CC(C)COC(=O)N[C@@H]([C]=O)CO. The summed E-state index contributed by atoms with van der Waals surface area (Å²) in [6.45, 7) is 3.59. The van der Waals surface area contributed by atoms with Gasteiger partial charge in [0, 0.05) is 0 Å². The molecular weight excluding hydrogens is 174 g/mol. The third-order valence-electron chi connectivity index (χ3n) is 1.16. The van der Waals surface area contributed by atoms with Crippen LogP contribution in [0.2, 0.25) is 0 Å². The number of aliphatic hydroxyl groups excluding tert-OH is 1. The lowest BCUT2D eigenvalue weighted by atomic mass is 10.2. The Kier molecular flexibility index (Phi) is 5.88. The predicted octanol–water partition coefficient (Wildman–Crippen LogP) is -0.161. The lowest BCUT2D eigenvalue weighted by Crippen LogP contribution is -2.39. The van der Waals surface area contributed by atoms with Crippen molar-refractivity contribution in [2.45, 2.75) is 19.9 Å². The van der Waals surface area contributed by atoms with Gasteiger partial charge in [-0.05, 0) is 5.92 Å². The number of hydrogen-bond acceptors (Lipinski definition) is 4. The summed E-state index contributed by atoms with van der Waals surface area (Å²) in [5.74, 6) is 0.235. The van der Waals surface area contributed by atoms with E-state index in [1.807, 2.05) is 13.8 Å². The number of nitrogens with one attached hydrogen (secondary N) is 1. The molecule has 0 saturated heterocycles. The normalized spacial score (nSPS) is 12.3. The highest BCUT2D eigenvalue weighted by Crippen LogP contribution is 1.92. The van der Waals surface area contributed by atoms with Crippen molar-refractivity contribution in [2.75, 3.05) is 13.2 Å². The minimum Gasteiger partial charge on any atom is -0.449 e. The van der Waals surface area contributed by atoms with Gasteiger partial charge in [0.1, 0.15) is 6.04 Å². The molecule has 0 aliphatic heterocycles. The van der Waals surface area contributed by atoms with Crippen LogP contribution in [0.4, 0.5) is 4.79 Å². The molecule has 0 aliphatic rings. The molecule has 0 aromatic heterocycles. The maximum absolute atomic E-state index is 10.9. The first-order valence-electron chi connectivity index (χ1n) is 4.02. The van der Waals surface area contributed by atoms with E-state index in [0.29, 0.717) is 0 Å². The van der Waals surface area contributed by atoms with E-state index in [4.69, 9.17) is 9.84 Å². The molecule has 1 atom stereocenters. The molecule has 1 amide bonds. The first-order chi connectivity index (χ1) is 6.10. The quantitative estimate of drug-likeness (QED) is 0.628. The van der Waals surface area contributed by atoms with Gasteiger partial charge in [-0.2, -0.15) is 0 Å². The van der Waals surface area contributed by atoms with E-state index in [0.717, 1.165) is 0 Å². The number of carbonyl (C=O) groups is 1. The summed E-state index contributed by atoms with van der Waals surface area (Å²) in [6, 6.07) is -1.00. The Bertz CT molecular complexity index is 170. The van der Waals surface area contributed by atoms with Gasteiger partial charge >= 0.3 is 6.09 Å². The highest BCUT2D eigenvalue weighted by atomic mass is 16.5. The zero-order valence-corrected chi connectivity index (χ0v) is 7.74. The van der Waals surface area contributed by atoms with Crippen LogP contribution in [0.5, 0.6) is 0 Å². The minimum atomic E-state index is -1.00. The van der Waals surface area contributed by atoms with Crippen LogP contribution in [0, 0.1) is 5.92 Å². The third-order valence-corrected chi connectivity index (χ3v) is 1.16.